The molecule has 0 aliphatic rings. The number of carbonyl (C=O) groups is 1. The zero-order chi connectivity index (χ0) is 18.4. The summed E-state index contributed by atoms with van der Waals surface area (Å²) in [6.45, 7) is 4.51. The standard InChI is InChI=1S/C19H25NO4S/c1-5-24-19(21)17(14(11-20)18-12(2)8-9-25-18)13-6-7-15(22-3)16(10-13)23-4/h6-10,14,17H,5,11,20H2,1-4H3. The first-order chi connectivity index (χ1) is 12.1. The smallest absolute Gasteiger partial charge is 0.314 e. The molecule has 2 unspecified atom stereocenters. The van der Waals surface area contributed by atoms with Crippen LogP contribution in [0.1, 0.15) is 34.8 Å². The van der Waals surface area contributed by atoms with E-state index in [1.807, 2.05) is 30.5 Å². The van der Waals surface area contributed by atoms with Crippen LogP contribution >= 0.6 is 11.3 Å². The molecule has 0 saturated heterocycles. The van der Waals surface area contributed by atoms with Gasteiger partial charge in [-0.15, -0.1) is 11.3 Å². The van der Waals surface area contributed by atoms with Gasteiger partial charge in [-0.2, -0.15) is 0 Å². The van der Waals surface area contributed by atoms with E-state index < -0.39 is 5.92 Å². The maximum absolute atomic E-state index is 12.8. The van der Waals surface area contributed by atoms with E-state index in [1.54, 1.807) is 38.5 Å². The zero-order valence-electron chi connectivity index (χ0n) is 15.1. The molecule has 1 aromatic heterocycles. The molecule has 5 nitrogen and oxygen atoms in total. The molecule has 2 aromatic rings. The molecule has 0 saturated carbocycles. The minimum Gasteiger partial charge on any atom is -0.493 e. The van der Waals surface area contributed by atoms with Crippen LogP contribution in [0.15, 0.2) is 29.6 Å². The monoisotopic (exact) mass is 363 g/mol. The quantitative estimate of drug-likeness (QED) is 0.727. The Hall–Kier alpha value is -2.05. The van der Waals surface area contributed by atoms with Gasteiger partial charge in [0.25, 0.3) is 0 Å². The fourth-order valence-electron chi connectivity index (χ4n) is 2.97. The summed E-state index contributed by atoms with van der Waals surface area (Å²) in [6.07, 6.45) is 0. The van der Waals surface area contributed by atoms with Gasteiger partial charge >= 0.3 is 5.97 Å². The molecule has 0 aliphatic heterocycles. The van der Waals surface area contributed by atoms with Crippen LogP contribution in [0.5, 0.6) is 11.5 Å². The number of thiophene rings is 1. The van der Waals surface area contributed by atoms with Crippen molar-refractivity contribution in [3.8, 4) is 11.5 Å². The summed E-state index contributed by atoms with van der Waals surface area (Å²) in [6, 6.07) is 7.54. The number of hydrogen-bond acceptors (Lipinski definition) is 6. The number of ether oxygens (including phenoxy) is 3. The molecule has 1 heterocycles. The fourth-order valence-corrected chi connectivity index (χ4v) is 4.05. The second-order valence-corrected chi connectivity index (χ2v) is 6.60. The highest BCUT2D eigenvalue weighted by atomic mass is 32.1. The Morgan fingerprint density at radius 1 is 1.20 bits per heavy atom. The number of nitrogens with two attached hydrogens (primary N) is 1. The van der Waals surface area contributed by atoms with Gasteiger partial charge in [-0.3, -0.25) is 4.79 Å². The average Bonchev–Trinajstić information content (AvgIpc) is 3.04. The lowest BCUT2D eigenvalue weighted by atomic mass is 9.83. The lowest BCUT2D eigenvalue weighted by Gasteiger charge is -2.25. The molecular weight excluding hydrogens is 338 g/mol. The number of aryl methyl sites for hydroxylation is 1. The molecule has 0 fully saturated rings. The van der Waals surface area contributed by atoms with Crippen LogP contribution in [0, 0.1) is 6.92 Å². The van der Waals surface area contributed by atoms with Gasteiger partial charge in [-0.1, -0.05) is 6.07 Å². The minimum absolute atomic E-state index is 0.155. The minimum atomic E-state index is -0.498. The Kier molecular flexibility index (Phi) is 6.84. The maximum atomic E-state index is 12.8. The summed E-state index contributed by atoms with van der Waals surface area (Å²) < 4.78 is 16.0. The van der Waals surface area contributed by atoms with Crippen molar-refractivity contribution >= 4 is 17.3 Å². The normalized spacial score (nSPS) is 13.2. The summed E-state index contributed by atoms with van der Waals surface area (Å²) in [5.41, 5.74) is 8.01. The van der Waals surface area contributed by atoms with Crippen LogP contribution in [0.2, 0.25) is 0 Å². The molecule has 136 valence electrons. The Morgan fingerprint density at radius 2 is 1.92 bits per heavy atom. The van der Waals surface area contributed by atoms with Crippen LogP contribution in [-0.2, 0) is 9.53 Å². The van der Waals surface area contributed by atoms with Gasteiger partial charge in [0.1, 0.15) is 0 Å². The van der Waals surface area contributed by atoms with Crippen molar-refractivity contribution in [1.29, 1.82) is 0 Å². The van der Waals surface area contributed by atoms with Crippen LogP contribution in [0.25, 0.3) is 0 Å². The number of esters is 1. The molecule has 2 atom stereocenters. The summed E-state index contributed by atoms with van der Waals surface area (Å²) in [7, 11) is 3.16. The second kappa shape index (κ2) is 8.87. The van der Waals surface area contributed by atoms with E-state index >= 15 is 0 Å². The highest BCUT2D eigenvalue weighted by molar-refractivity contribution is 7.10. The molecule has 25 heavy (non-hydrogen) atoms. The van der Waals surface area contributed by atoms with Crippen molar-refractivity contribution in [2.75, 3.05) is 27.4 Å². The summed E-state index contributed by atoms with van der Waals surface area (Å²) in [5.74, 6) is 0.260. The van der Waals surface area contributed by atoms with Crippen LogP contribution in [0.4, 0.5) is 0 Å². The Labute approximate surface area is 152 Å². The molecule has 0 radical (unpaired) electrons. The molecule has 2 N–H and O–H groups in total. The van der Waals surface area contributed by atoms with E-state index in [1.165, 1.54) is 0 Å². The number of carbonyl (C=O) groups excluding carboxylic acids is 1. The molecular formula is C19H25NO4S. The van der Waals surface area contributed by atoms with E-state index in [0.717, 1.165) is 16.0 Å². The number of benzene rings is 1. The molecule has 6 heteroatoms. The topological polar surface area (TPSA) is 70.8 Å². The predicted octanol–water partition coefficient (Wildman–Crippen LogP) is 3.46. The number of rotatable bonds is 8. The predicted molar refractivity (Wildman–Crippen MR) is 99.8 cm³/mol. The zero-order valence-corrected chi connectivity index (χ0v) is 15.9. The molecule has 0 bridgehead atoms. The third kappa shape index (κ3) is 4.14. The van der Waals surface area contributed by atoms with Crippen molar-refractivity contribution < 1.29 is 19.0 Å². The van der Waals surface area contributed by atoms with E-state index in [9.17, 15) is 4.79 Å². The number of methoxy groups -OCH3 is 2. The average molecular weight is 363 g/mol. The SMILES string of the molecule is CCOC(=O)C(c1ccc(OC)c(OC)c1)C(CN)c1sccc1C. The first-order valence-electron chi connectivity index (χ1n) is 8.19. The Bertz CT molecular complexity index is 713. The van der Waals surface area contributed by atoms with Gasteiger partial charge in [-0.05, 0) is 48.6 Å². The third-order valence-corrected chi connectivity index (χ3v) is 5.35. The lowest BCUT2D eigenvalue weighted by molar-refractivity contribution is -0.145. The second-order valence-electron chi connectivity index (χ2n) is 5.65. The third-order valence-electron chi connectivity index (χ3n) is 4.20. The van der Waals surface area contributed by atoms with Crippen LogP contribution in [0.3, 0.4) is 0 Å². The van der Waals surface area contributed by atoms with Crippen molar-refractivity contribution in [3.05, 3.63) is 45.6 Å². The van der Waals surface area contributed by atoms with E-state index in [4.69, 9.17) is 19.9 Å². The van der Waals surface area contributed by atoms with Gasteiger partial charge in [0.2, 0.25) is 0 Å². The van der Waals surface area contributed by atoms with Crippen LogP contribution in [-0.4, -0.2) is 33.3 Å². The largest absolute Gasteiger partial charge is 0.493 e. The molecule has 1 aromatic carbocycles. The van der Waals surface area contributed by atoms with Gasteiger partial charge in [0.15, 0.2) is 11.5 Å². The fraction of sp³-hybridized carbons (Fsp3) is 0.421. The summed E-state index contributed by atoms with van der Waals surface area (Å²) >= 11 is 1.61. The van der Waals surface area contributed by atoms with Gasteiger partial charge in [0, 0.05) is 17.3 Å². The van der Waals surface area contributed by atoms with Gasteiger partial charge < -0.3 is 19.9 Å². The lowest BCUT2D eigenvalue weighted by Crippen LogP contribution is -2.28. The number of hydrogen-bond donors (Lipinski definition) is 1. The summed E-state index contributed by atoms with van der Waals surface area (Å²) in [5, 5.41) is 2.02. The van der Waals surface area contributed by atoms with E-state index in [2.05, 4.69) is 0 Å². The van der Waals surface area contributed by atoms with Crippen molar-refractivity contribution in [1.82, 2.24) is 0 Å². The molecule has 0 aliphatic carbocycles. The Morgan fingerprint density at radius 3 is 2.44 bits per heavy atom. The van der Waals surface area contributed by atoms with Crippen molar-refractivity contribution in [3.63, 3.8) is 0 Å². The molecule has 0 amide bonds. The first kappa shape index (κ1) is 19.3. The Balaban J connectivity index is 2.52. The first-order valence-corrected chi connectivity index (χ1v) is 9.07. The van der Waals surface area contributed by atoms with Crippen LogP contribution < -0.4 is 15.2 Å². The highest BCUT2D eigenvalue weighted by Crippen LogP contribution is 2.40. The van der Waals surface area contributed by atoms with Gasteiger partial charge in [0.05, 0.1) is 26.7 Å². The molecule has 2 rings (SSSR count). The van der Waals surface area contributed by atoms with E-state index in [0.29, 0.717) is 24.7 Å². The summed E-state index contributed by atoms with van der Waals surface area (Å²) in [4.78, 5) is 13.9. The highest BCUT2D eigenvalue weighted by Gasteiger charge is 2.33. The maximum Gasteiger partial charge on any atom is 0.314 e. The van der Waals surface area contributed by atoms with Gasteiger partial charge in [-0.25, -0.2) is 0 Å². The van der Waals surface area contributed by atoms with Crippen molar-refractivity contribution in [2.24, 2.45) is 5.73 Å². The van der Waals surface area contributed by atoms with E-state index in [-0.39, 0.29) is 11.9 Å². The van der Waals surface area contributed by atoms with Crippen molar-refractivity contribution in [2.45, 2.75) is 25.7 Å². The molecule has 0 spiro atoms.